The van der Waals surface area contributed by atoms with Crippen LogP contribution in [0.5, 0.6) is 11.5 Å². The molecule has 5 heterocycles. The van der Waals surface area contributed by atoms with Gasteiger partial charge in [-0.25, -0.2) is 0 Å². The number of aromatic nitrogens is 2. The fourth-order valence-corrected chi connectivity index (χ4v) is 5.30. The van der Waals surface area contributed by atoms with Gasteiger partial charge in [-0.2, -0.15) is 0 Å². The highest BCUT2D eigenvalue weighted by Gasteiger charge is 2.41. The Labute approximate surface area is 202 Å². The molecular weight excluding hydrogens is 448 g/mol. The monoisotopic (exact) mass is 472 g/mol. The van der Waals surface area contributed by atoms with Gasteiger partial charge in [0.05, 0.1) is 30.6 Å². The second-order valence-electron chi connectivity index (χ2n) is 8.53. The van der Waals surface area contributed by atoms with Gasteiger partial charge in [0.2, 0.25) is 6.79 Å². The summed E-state index contributed by atoms with van der Waals surface area (Å²) in [7, 11) is 0. The quantitative estimate of drug-likeness (QED) is 0.411. The van der Waals surface area contributed by atoms with Crippen LogP contribution >= 0.6 is 12.2 Å². The molecule has 0 amide bonds. The number of benzene rings is 1. The van der Waals surface area contributed by atoms with Crippen molar-refractivity contribution in [1.29, 1.82) is 0 Å². The summed E-state index contributed by atoms with van der Waals surface area (Å²) in [4.78, 5) is 6.84. The van der Waals surface area contributed by atoms with Gasteiger partial charge in [-0.1, -0.05) is 6.07 Å². The van der Waals surface area contributed by atoms with Crippen molar-refractivity contribution in [1.82, 2.24) is 19.8 Å². The fraction of sp³-hybridized carbons (Fsp3) is 0.231. The minimum absolute atomic E-state index is 0.0542. The minimum Gasteiger partial charge on any atom is -0.467 e. The minimum atomic E-state index is -0.0885. The number of aryl methyl sites for hydroxylation is 1. The average Bonchev–Trinajstić information content (AvgIpc) is 3.63. The van der Waals surface area contributed by atoms with E-state index in [4.69, 9.17) is 26.1 Å². The number of nitrogens with zero attached hydrogens (tertiary/aromatic N) is 3. The van der Waals surface area contributed by atoms with Crippen molar-refractivity contribution in [3.8, 4) is 17.2 Å². The number of thiocarbonyl (C=S) groups is 1. The van der Waals surface area contributed by atoms with E-state index in [0.29, 0.717) is 11.7 Å². The van der Waals surface area contributed by atoms with E-state index in [9.17, 15) is 0 Å². The van der Waals surface area contributed by atoms with Crippen LogP contribution in [0, 0.1) is 13.8 Å². The van der Waals surface area contributed by atoms with Gasteiger partial charge >= 0.3 is 0 Å². The molecule has 7 nitrogen and oxygen atoms in total. The number of ether oxygens (including phenoxy) is 2. The summed E-state index contributed by atoms with van der Waals surface area (Å²) >= 11 is 5.81. The zero-order valence-electron chi connectivity index (χ0n) is 18.9. The number of pyridine rings is 1. The Morgan fingerprint density at radius 1 is 1.06 bits per heavy atom. The standard InChI is InChI=1S/C26H24N4O3S/c1-16-12-20(17(2)30(16)18-8-9-22-23(13-18)33-15-32-22)25-24(21-7-3-4-10-27-21)28-26(34)29(25)14-19-6-5-11-31-19/h3-13,24-25H,14-15H2,1-2H3,(H,28,34)/t24-,25+/m0/s1. The van der Waals surface area contributed by atoms with Crippen molar-refractivity contribution in [2.24, 2.45) is 0 Å². The highest BCUT2D eigenvalue weighted by molar-refractivity contribution is 7.80. The van der Waals surface area contributed by atoms with E-state index in [1.54, 1.807) is 6.26 Å². The highest BCUT2D eigenvalue weighted by Crippen LogP contribution is 2.43. The lowest BCUT2D eigenvalue weighted by Gasteiger charge is -2.27. The van der Waals surface area contributed by atoms with Crippen LogP contribution in [-0.4, -0.2) is 26.4 Å². The third-order valence-corrected chi connectivity index (χ3v) is 6.86. The van der Waals surface area contributed by atoms with Gasteiger partial charge in [-0.05, 0) is 74.1 Å². The maximum atomic E-state index is 5.81. The molecule has 8 heteroatoms. The van der Waals surface area contributed by atoms with E-state index in [0.717, 1.165) is 40.0 Å². The van der Waals surface area contributed by atoms with Crippen LogP contribution < -0.4 is 14.8 Å². The van der Waals surface area contributed by atoms with E-state index in [1.165, 1.54) is 5.56 Å². The summed E-state index contributed by atoms with van der Waals surface area (Å²) in [5.74, 6) is 2.40. The molecular formula is C26H24N4O3S. The Bertz CT molecular complexity index is 1350. The molecule has 0 bridgehead atoms. The van der Waals surface area contributed by atoms with Crippen LogP contribution in [0.15, 0.2) is 71.5 Å². The fourth-order valence-electron chi connectivity index (χ4n) is 4.99. The number of fused-ring (bicyclic) bond motifs is 1. The smallest absolute Gasteiger partial charge is 0.231 e. The lowest BCUT2D eigenvalue weighted by molar-refractivity contribution is 0.174. The summed E-state index contributed by atoms with van der Waals surface area (Å²) in [6.45, 7) is 5.09. The molecule has 0 unspecified atom stereocenters. The zero-order chi connectivity index (χ0) is 23.2. The summed E-state index contributed by atoms with van der Waals surface area (Å²) in [6.07, 6.45) is 3.51. The van der Waals surface area contributed by atoms with Gasteiger partial charge in [-0.3, -0.25) is 4.98 Å². The first-order valence-electron chi connectivity index (χ1n) is 11.2. The molecule has 1 saturated heterocycles. The molecule has 1 aromatic carbocycles. The third-order valence-electron chi connectivity index (χ3n) is 6.51. The van der Waals surface area contributed by atoms with Gasteiger partial charge in [0.1, 0.15) is 5.76 Å². The predicted molar refractivity (Wildman–Crippen MR) is 131 cm³/mol. The maximum Gasteiger partial charge on any atom is 0.231 e. The maximum absolute atomic E-state index is 5.81. The van der Waals surface area contributed by atoms with Gasteiger partial charge in [0.25, 0.3) is 0 Å². The first-order chi connectivity index (χ1) is 16.6. The first kappa shape index (κ1) is 20.8. The molecule has 4 aromatic rings. The molecule has 0 aliphatic carbocycles. The van der Waals surface area contributed by atoms with Crippen molar-refractivity contribution in [2.75, 3.05) is 6.79 Å². The van der Waals surface area contributed by atoms with Crippen molar-refractivity contribution < 1.29 is 13.9 Å². The molecule has 3 aromatic heterocycles. The third kappa shape index (κ3) is 3.42. The van der Waals surface area contributed by atoms with Crippen molar-refractivity contribution in [3.63, 3.8) is 0 Å². The molecule has 2 aliphatic rings. The summed E-state index contributed by atoms with van der Waals surface area (Å²) in [5.41, 5.74) is 5.43. The molecule has 172 valence electrons. The van der Waals surface area contributed by atoms with Crippen LogP contribution in [0.25, 0.3) is 5.69 Å². The van der Waals surface area contributed by atoms with E-state index in [-0.39, 0.29) is 18.9 Å². The van der Waals surface area contributed by atoms with Gasteiger partial charge in [0.15, 0.2) is 16.6 Å². The Morgan fingerprint density at radius 2 is 1.94 bits per heavy atom. The van der Waals surface area contributed by atoms with Crippen LogP contribution in [0.2, 0.25) is 0 Å². The van der Waals surface area contributed by atoms with Crippen molar-refractivity contribution in [2.45, 2.75) is 32.5 Å². The number of hydrogen-bond acceptors (Lipinski definition) is 5. The molecule has 6 rings (SSSR count). The lowest BCUT2D eigenvalue weighted by atomic mass is 9.96. The lowest BCUT2D eigenvalue weighted by Crippen LogP contribution is -2.29. The molecule has 0 saturated carbocycles. The Balaban J connectivity index is 1.45. The van der Waals surface area contributed by atoms with Gasteiger partial charge in [0, 0.05) is 29.3 Å². The SMILES string of the molecule is Cc1cc([C@@H]2[C@H](c3ccccn3)NC(=S)N2Cc2ccco2)c(C)n1-c1ccc2c(c1)OCO2. The molecule has 0 spiro atoms. The molecule has 2 atom stereocenters. The van der Waals surface area contributed by atoms with E-state index in [2.05, 4.69) is 45.7 Å². The van der Waals surface area contributed by atoms with Crippen LogP contribution in [0.1, 0.15) is 40.5 Å². The van der Waals surface area contributed by atoms with Crippen molar-refractivity contribution in [3.05, 3.63) is 95.5 Å². The average molecular weight is 473 g/mol. The molecule has 0 radical (unpaired) electrons. The number of hydrogen-bond donors (Lipinski definition) is 1. The van der Waals surface area contributed by atoms with Crippen LogP contribution in [0.3, 0.4) is 0 Å². The Morgan fingerprint density at radius 3 is 2.74 bits per heavy atom. The van der Waals surface area contributed by atoms with Crippen LogP contribution in [-0.2, 0) is 6.54 Å². The first-order valence-corrected chi connectivity index (χ1v) is 11.6. The van der Waals surface area contributed by atoms with E-state index in [1.807, 2.05) is 48.7 Å². The Kier molecular flexibility index (Phi) is 5.03. The topological polar surface area (TPSA) is 64.7 Å². The molecule has 1 fully saturated rings. The second kappa shape index (κ2) is 8.22. The number of rotatable bonds is 5. The number of nitrogens with one attached hydrogen (secondary N) is 1. The zero-order valence-corrected chi connectivity index (χ0v) is 19.7. The predicted octanol–water partition coefficient (Wildman–Crippen LogP) is 4.98. The summed E-state index contributed by atoms with van der Waals surface area (Å²) < 4.78 is 19.0. The summed E-state index contributed by atoms with van der Waals surface area (Å²) in [5, 5.41) is 4.20. The van der Waals surface area contributed by atoms with E-state index < -0.39 is 0 Å². The normalized spacial score (nSPS) is 19.0. The molecule has 2 aliphatic heterocycles. The molecule has 34 heavy (non-hydrogen) atoms. The largest absolute Gasteiger partial charge is 0.467 e. The number of furan rings is 1. The van der Waals surface area contributed by atoms with Crippen LogP contribution in [0.4, 0.5) is 0 Å². The Hall–Kier alpha value is -3.78. The highest BCUT2D eigenvalue weighted by atomic mass is 32.1. The van der Waals surface area contributed by atoms with Gasteiger partial charge in [-0.15, -0.1) is 0 Å². The van der Waals surface area contributed by atoms with Crippen molar-refractivity contribution >= 4 is 17.3 Å². The summed E-state index contributed by atoms with van der Waals surface area (Å²) in [6, 6.07) is 18.0. The molecule has 1 N–H and O–H groups in total. The second-order valence-corrected chi connectivity index (χ2v) is 8.92. The van der Waals surface area contributed by atoms with Gasteiger partial charge < -0.3 is 28.7 Å². The van der Waals surface area contributed by atoms with E-state index >= 15 is 0 Å².